The van der Waals surface area contributed by atoms with Crippen LogP contribution in [0.2, 0.25) is 20.1 Å². The largest absolute Gasteiger partial charge is 0.396 e. The van der Waals surface area contributed by atoms with E-state index in [1.807, 2.05) is 0 Å². The van der Waals surface area contributed by atoms with Crippen molar-refractivity contribution in [2.45, 2.75) is 12.8 Å². The second kappa shape index (κ2) is 8.99. The highest BCUT2D eigenvalue weighted by molar-refractivity contribution is 6.39. The zero-order chi connectivity index (χ0) is 17.7. The molecule has 0 fully saturated rings. The maximum absolute atomic E-state index is 8.97. The number of hydrogen-bond donors (Lipinski definition) is 2. The minimum atomic E-state index is -0.00106. The topological polar surface area (TPSA) is 65.2 Å². The maximum Gasteiger partial charge on any atom is 0.123 e. The molecule has 0 atom stereocenters. The normalized spacial score (nSPS) is 11.4. The molecule has 0 aliphatic carbocycles. The van der Waals surface area contributed by atoms with E-state index in [0.717, 1.165) is 11.1 Å². The molecule has 2 aromatic carbocycles. The molecule has 128 valence electrons. The monoisotopic (exact) mass is 406 g/mol. The van der Waals surface area contributed by atoms with E-state index >= 15 is 0 Å². The molecule has 0 amide bonds. The number of rotatable bonds is 6. The molecule has 0 aliphatic rings. The minimum absolute atomic E-state index is 0.00106. The molecule has 4 nitrogen and oxygen atoms in total. The van der Waals surface area contributed by atoms with Crippen LogP contribution in [0.5, 0.6) is 0 Å². The molecule has 2 aromatic rings. The SMILES string of the molecule is OCCc1cc(Cl)c(/N=N/c2c(Cl)cc(CCO)cc2Cl)c(Cl)c1. The zero-order valence-corrected chi connectivity index (χ0v) is 15.5. The lowest BCUT2D eigenvalue weighted by Crippen LogP contribution is -1.91. The predicted molar refractivity (Wildman–Crippen MR) is 98.7 cm³/mol. The van der Waals surface area contributed by atoms with Crippen molar-refractivity contribution in [3.8, 4) is 0 Å². The molecular weight excluding hydrogens is 394 g/mol. The fourth-order valence-corrected chi connectivity index (χ4v) is 3.29. The highest BCUT2D eigenvalue weighted by Gasteiger charge is 2.11. The van der Waals surface area contributed by atoms with Crippen LogP contribution in [0.4, 0.5) is 11.4 Å². The summed E-state index contributed by atoms with van der Waals surface area (Å²) in [5, 5.41) is 27.3. The van der Waals surface area contributed by atoms with Crippen molar-refractivity contribution in [3.05, 3.63) is 55.5 Å². The molecule has 0 bridgehead atoms. The summed E-state index contributed by atoms with van der Waals surface area (Å²) in [6.07, 6.45) is 0.891. The number of aliphatic hydroxyl groups is 2. The van der Waals surface area contributed by atoms with E-state index in [1.54, 1.807) is 24.3 Å². The first-order valence-electron chi connectivity index (χ1n) is 7.05. The van der Waals surface area contributed by atoms with Gasteiger partial charge in [0.25, 0.3) is 0 Å². The maximum atomic E-state index is 8.97. The van der Waals surface area contributed by atoms with Crippen molar-refractivity contribution in [2.24, 2.45) is 10.2 Å². The number of benzene rings is 2. The number of halogens is 4. The van der Waals surface area contributed by atoms with E-state index in [9.17, 15) is 0 Å². The van der Waals surface area contributed by atoms with Crippen molar-refractivity contribution in [1.29, 1.82) is 0 Å². The van der Waals surface area contributed by atoms with Crippen molar-refractivity contribution >= 4 is 57.8 Å². The second-order valence-corrected chi connectivity index (χ2v) is 6.59. The summed E-state index contributed by atoms with van der Waals surface area (Å²) in [6.45, 7) is -0.00213. The molecule has 2 N–H and O–H groups in total. The quantitative estimate of drug-likeness (QED) is 0.595. The van der Waals surface area contributed by atoms with Crippen LogP contribution in [0.15, 0.2) is 34.5 Å². The molecule has 8 heteroatoms. The molecule has 0 unspecified atom stereocenters. The summed E-state index contributed by atoms with van der Waals surface area (Å²) in [7, 11) is 0. The van der Waals surface area contributed by atoms with Crippen LogP contribution < -0.4 is 0 Å². The van der Waals surface area contributed by atoms with Crippen LogP contribution in [-0.4, -0.2) is 23.4 Å². The Kier molecular flexibility index (Phi) is 7.29. The molecule has 0 spiro atoms. The van der Waals surface area contributed by atoms with Gasteiger partial charge in [-0.15, -0.1) is 10.2 Å². The van der Waals surface area contributed by atoms with Crippen LogP contribution in [0, 0.1) is 0 Å². The van der Waals surface area contributed by atoms with Crippen LogP contribution in [0.25, 0.3) is 0 Å². The van der Waals surface area contributed by atoms with Gasteiger partial charge in [0.15, 0.2) is 0 Å². The zero-order valence-electron chi connectivity index (χ0n) is 12.4. The van der Waals surface area contributed by atoms with Gasteiger partial charge in [0, 0.05) is 13.2 Å². The van der Waals surface area contributed by atoms with E-state index in [-0.39, 0.29) is 13.2 Å². The molecule has 0 saturated carbocycles. The number of nitrogens with zero attached hydrogens (tertiary/aromatic N) is 2. The van der Waals surface area contributed by atoms with E-state index < -0.39 is 0 Å². The fourth-order valence-electron chi connectivity index (χ4n) is 2.07. The fraction of sp³-hybridized carbons (Fsp3) is 0.250. The van der Waals surface area contributed by atoms with Crippen LogP contribution >= 0.6 is 46.4 Å². The Hall–Kier alpha value is -0.880. The van der Waals surface area contributed by atoms with E-state index in [1.165, 1.54) is 0 Å². The van der Waals surface area contributed by atoms with E-state index in [2.05, 4.69) is 10.2 Å². The first kappa shape index (κ1) is 19.4. The van der Waals surface area contributed by atoms with Gasteiger partial charge in [0.2, 0.25) is 0 Å². The Balaban J connectivity index is 2.35. The Labute approximate surface area is 159 Å². The molecule has 0 saturated heterocycles. The van der Waals surface area contributed by atoms with Crippen LogP contribution in [0.1, 0.15) is 11.1 Å². The lowest BCUT2D eigenvalue weighted by atomic mass is 10.1. The van der Waals surface area contributed by atoms with Crippen molar-refractivity contribution in [1.82, 2.24) is 0 Å². The molecule has 0 aromatic heterocycles. The molecule has 0 heterocycles. The van der Waals surface area contributed by atoms with Gasteiger partial charge in [-0.2, -0.15) is 0 Å². The Bertz CT molecular complexity index is 656. The van der Waals surface area contributed by atoms with Crippen molar-refractivity contribution in [2.75, 3.05) is 13.2 Å². The van der Waals surface area contributed by atoms with E-state index in [0.29, 0.717) is 44.3 Å². The first-order valence-corrected chi connectivity index (χ1v) is 8.56. The van der Waals surface area contributed by atoms with Gasteiger partial charge in [-0.1, -0.05) is 46.4 Å². The predicted octanol–water partition coefficient (Wildman–Crippen LogP) is 5.79. The molecule has 0 radical (unpaired) electrons. The highest BCUT2D eigenvalue weighted by atomic mass is 35.5. The summed E-state index contributed by atoms with van der Waals surface area (Å²) >= 11 is 24.7. The average Bonchev–Trinajstić information content (AvgIpc) is 2.49. The van der Waals surface area contributed by atoms with Gasteiger partial charge in [-0.05, 0) is 48.2 Å². The second-order valence-electron chi connectivity index (χ2n) is 4.96. The standard InChI is InChI=1S/C16H14Cl4N2O2/c17-11-5-9(1-3-23)6-12(18)15(11)21-22-16-13(19)7-10(2-4-24)8-14(16)20/h5-8,23-24H,1-4H2/b22-21+. The number of hydrogen-bond acceptors (Lipinski definition) is 4. The Morgan fingerprint density at radius 2 is 0.917 bits per heavy atom. The summed E-state index contributed by atoms with van der Waals surface area (Å²) in [4.78, 5) is 0. The lowest BCUT2D eigenvalue weighted by Gasteiger charge is -2.07. The third kappa shape index (κ3) is 4.82. The van der Waals surface area contributed by atoms with Crippen molar-refractivity contribution < 1.29 is 10.2 Å². The number of aliphatic hydroxyl groups excluding tert-OH is 2. The summed E-state index contributed by atoms with van der Waals surface area (Å²) in [5.41, 5.74) is 2.20. The van der Waals surface area contributed by atoms with Gasteiger partial charge >= 0.3 is 0 Å². The van der Waals surface area contributed by atoms with E-state index in [4.69, 9.17) is 56.6 Å². The number of azo groups is 1. The summed E-state index contributed by atoms with van der Waals surface area (Å²) in [5.74, 6) is 0. The smallest absolute Gasteiger partial charge is 0.123 e. The molecular formula is C16H14Cl4N2O2. The summed E-state index contributed by atoms with van der Waals surface area (Å²) in [6, 6.07) is 6.69. The third-order valence-corrected chi connectivity index (χ3v) is 4.36. The average molecular weight is 408 g/mol. The van der Waals surface area contributed by atoms with Gasteiger partial charge in [0.1, 0.15) is 11.4 Å². The van der Waals surface area contributed by atoms with Crippen LogP contribution in [0.3, 0.4) is 0 Å². The molecule has 2 rings (SSSR count). The first-order chi connectivity index (χ1) is 11.5. The van der Waals surface area contributed by atoms with Gasteiger partial charge in [-0.25, -0.2) is 0 Å². The minimum Gasteiger partial charge on any atom is -0.396 e. The van der Waals surface area contributed by atoms with Crippen molar-refractivity contribution in [3.63, 3.8) is 0 Å². The van der Waals surface area contributed by atoms with Gasteiger partial charge < -0.3 is 10.2 Å². The summed E-state index contributed by atoms with van der Waals surface area (Å²) < 4.78 is 0. The lowest BCUT2D eigenvalue weighted by molar-refractivity contribution is 0.299. The highest BCUT2D eigenvalue weighted by Crippen LogP contribution is 2.39. The molecule has 0 aliphatic heterocycles. The van der Waals surface area contributed by atoms with Gasteiger partial charge in [0.05, 0.1) is 20.1 Å². The molecule has 24 heavy (non-hydrogen) atoms. The Morgan fingerprint density at radius 1 is 0.625 bits per heavy atom. The van der Waals surface area contributed by atoms with Gasteiger partial charge in [-0.3, -0.25) is 0 Å². The Morgan fingerprint density at radius 3 is 1.17 bits per heavy atom. The third-order valence-electron chi connectivity index (χ3n) is 3.20. The van der Waals surface area contributed by atoms with Crippen LogP contribution in [-0.2, 0) is 12.8 Å².